The van der Waals surface area contributed by atoms with E-state index in [0.29, 0.717) is 17.7 Å². The van der Waals surface area contributed by atoms with E-state index < -0.39 is 35.8 Å². The number of hydrogen-bond donors (Lipinski definition) is 0. The summed E-state index contributed by atoms with van der Waals surface area (Å²) in [5.41, 5.74) is -2.57. The lowest BCUT2D eigenvalue weighted by atomic mass is 10.0. The highest BCUT2D eigenvalue weighted by atomic mass is 35.5. The molecule has 0 atom stereocenters. The Hall–Kier alpha value is -4.17. The van der Waals surface area contributed by atoms with Crippen molar-refractivity contribution in [1.29, 1.82) is 0 Å². The van der Waals surface area contributed by atoms with Crippen molar-refractivity contribution in [3.63, 3.8) is 0 Å². The van der Waals surface area contributed by atoms with Crippen molar-refractivity contribution in [3.8, 4) is 23.1 Å². The maximum atomic E-state index is 13.3. The van der Waals surface area contributed by atoms with Crippen LogP contribution in [0.2, 0.25) is 5.02 Å². The second-order valence-electron chi connectivity index (χ2n) is 7.66. The van der Waals surface area contributed by atoms with Crippen LogP contribution in [0.4, 0.5) is 26.3 Å². The number of pyridine rings is 1. The van der Waals surface area contributed by atoms with Crippen molar-refractivity contribution in [3.05, 3.63) is 100.0 Å². The van der Waals surface area contributed by atoms with E-state index in [2.05, 4.69) is 27.1 Å². The van der Waals surface area contributed by atoms with Crippen LogP contribution in [-0.4, -0.2) is 25.8 Å². The maximum Gasteiger partial charge on any atom is 0.416 e. The number of ketones is 1. The molecule has 0 spiro atoms. The predicted molar refractivity (Wildman–Crippen MR) is 121 cm³/mol. The summed E-state index contributed by atoms with van der Waals surface area (Å²) in [5.74, 6) is 4.35. The van der Waals surface area contributed by atoms with E-state index in [1.54, 1.807) is 24.3 Å². The molecule has 0 unspecified atom stereocenters. The van der Waals surface area contributed by atoms with E-state index in [1.807, 2.05) is 0 Å². The Morgan fingerprint density at radius 3 is 2.22 bits per heavy atom. The number of hydrogen-bond acceptors (Lipinski definition) is 4. The third-order valence-corrected chi connectivity index (χ3v) is 5.39. The van der Waals surface area contributed by atoms with Gasteiger partial charge in [-0.2, -0.15) is 26.3 Å². The lowest BCUT2D eigenvalue weighted by Gasteiger charge is -2.15. The number of halogens is 7. The van der Waals surface area contributed by atoms with Crippen molar-refractivity contribution in [2.24, 2.45) is 0 Å². The minimum atomic E-state index is -5.00. The fourth-order valence-electron chi connectivity index (χ4n) is 3.41. The lowest BCUT2D eigenvalue weighted by molar-refractivity contribution is -0.143. The van der Waals surface area contributed by atoms with Gasteiger partial charge in [-0.1, -0.05) is 28.9 Å². The molecule has 2 aromatic carbocycles. The molecule has 37 heavy (non-hydrogen) atoms. The fourth-order valence-corrected chi connectivity index (χ4v) is 3.63. The van der Waals surface area contributed by atoms with Gasteiger partial charge in [-0.25, -0.2) is 4.68 Å². The van der Waals surface area contributed by atoms with Gasteiger partial charge in [0, 0.05) is 23.5 Å². The first-order chi connectivity index (χ1) is 17.4. The largest absolute Gasteiger partial charge is 0.416 e. The smallest absolute Gasteiger partial charge is 0.279 e. The van der Waals surface area contributed by atoms with E-state index in [-0.39, 0.29) is 33.6 Å². The molecule has 0 saturated carbocycles. The summed E-state index contributed by atoms with van der Waals surface area (Å²) in [5, 5.41) is 7.96. The summed E-state index contributed by atoms with van der Waals surface area (Å²) < 4.78 is 80.9. The lowest BCUT2D eigenvalue weighted by Crippen LogP contribution is -2.13. The van der Waals surface area contributed by atoms with Crippen molar-refractivity contribution in [1.82, 2.24) is 20.0 Å². The molecule has 0 aliphatic rings. The van der Waals surface area contributed by atoms with Crippen LogP contribution in [0.3, 0.4) is 0 Å². The van der Waals surface area contributed by atoms with Crippen LogP contribution < -0.4 is 0 Å². The molecule has 0 aliphatic carbocycles. The van der Waals surface area contributed by atoms with Gasteiger partial charge >= 0.3 is 12.4 Å². The topological polar surface area (TPSA) is 60.7 Å². The maximum absolute atomic E-state index is 13.3. The van der Waals surface area contributed by atoms with Crippen LogP contribution in [0.25, 0.3) is 11.3 Å². The van der Waals surface area contributed by atoms with Gasteiger partial charge in [0.1, 0.15) is 5.69 Å². The molecule has 4 aromatic rings. The first kappa shape index (κ1) is 25.9. The zero-order chi connectivity index (χ0) is 26.8. The number of Topliss-reactive ketones (excluding diaryl/α,β-unsaturated/α-hetero) is 1. The average Bonchev–Trinajstić information content (AvgIpc) is 3.24. The number of aromatic nitrogens is 4. The molecule has 2 heterocycles. The minimum absolute atomic E-state index is 0.0311. The normalized spacial score (nSPS) is 11.6. The number of rotatable bonds is 4. The highest BCUT2D eigenvalue weighted by Gasteiger charge is 2.37. The summed E-state index contributed by atoms with van der Waals surface area (Å²) in [7, 11) is 0. The van der Waals surface area contributed by atoms with Crippen LogP contribution in [0.5, 0.6) is 0 Å². The van der Waals surface area contributed by atoms with Gasteiger partial charge in [-0.3, -0.25) is 9.78 Å². The average molecular weight is 535 g/mol. The monoisotopic (exact) mass is 534 g/mol. The third kappa shape index (κ3) is 5.98. The molecular formula is C25H13ClF6N4O. The van der Waals surface area contributed by atoms with E-state index in [9.17, 15) is 31.1 Å². The number of carbonyl (C=O) groups excluding carboxylic acids is 1. The quantitative estimate of drug-likeness (QED) is 0.175. The molecule has 0 fully saturated rings. The predicted octanol–water partition coefficient (Wildman–Crippen LogP) is 6.31. The van der Waals surface area contributed by atoms with Crippen molar-refractivity contribution < 1.29 is 31.1 Å². The van der Waals surface area contributed by atoms with Crippen LogP contribution in [0.15, 0.2) is 67.0 Å². The summed E-state index contributed by atoms with van der Waals surface area (Å²) in [6.45, 7) is -0.496. The Morgan fingerprint density at radius 1 is 0.946 bits per heavy atom. The molecule has 5 nitrogen and oxygen atoms in total. The summed E-state index contributed by atoms with van der Waals surface area (Å²) in [6.07, 6.45) is -7.14. The van der Waals surface area contributed by atoms with Gasteiger partial charge in [0.2, 0.25) is 5.78 Å². The molecule has 2 aromatic heterocycles. The molecule has 0 amide bonds. The summed E-state index contributed by atoms with van der Waals surface area (Å²) in [6, 6.07) is 10.6. The van der Waals surface area contributed by atoms with Crippen LogP contribution in [0, 0.1) is 11.8 Å². The second kappa shape index (κ2) is 10.1. The van der Waals surface area contributed by atoms with E-state index in [1.165, 1.54) is 24.5 Å². The fraction of sp³-hybridized carbons (Fsp3) is 0.120. The first-order valence-electron chi connectivity index (χ1n) is 10.4. The highest BCUT2D eigenvalue weighted by Crippen LogP contribution is 2.36. The molecule has 0 saturated heterocycles. The van der Waals surface area contributed by atoms with E-state index >= 15 is 0 Å². The third-order valence-electron chi connectivity index (χ3n) is 5.06. The Labute approximate surface area is 210 Å². The van der Waals surface area contributed by atoms with Crippen LogP contribution in [-0.2, 0) is 18.9 Å². The van der Waals surface area contributed by atoms with Gasteiger partial charge in [0.05, 0.1) is 22.7 Å². The zero-order valence-electron chi connectivity index (χ0n) is 18.4. The van der Waals surface area contributed by atoms with Crippen LogP contribution >= 0.6 is 11.6 Å². The molecule has 0 bridgehead atoms. The van der Waals surface area contributed by atoms with Gasteiger partial charge in [-0.15, -0.1) is 5.10 Å². The molecule has 0 radical (unpaired) electrons. The Morgan fingerprint density at radius 2 is 1.62 bits per heavy atom. The van der Waals surface area contributed by atoms with E-state index in [4.69, 9.17) is 11.6 Å². The number of carbonyl (C=O) groups is 1. The molecule has 12 heteroatoms. The van der Waals surface area contributed by atoms with Gasteiger partial charge in [-0.05, 0) is 59.9 Å². The van der Waals surface area contributed by atoms with Crippen molar-refractivity contribution >= 4 is 17.4 Å². The number of nitrogens with zero attached hydrogens (tertiary/aromatic N) is 4. The van der Waals surface area contributed by atoms with Crippen LogP contribution in [0.1, 0.15) is 32.7 Å². The first-order valence-corrected chi connectivity index (χ1v) is 10.7. The highest BCUT2D eigenvalue weighted by molar-refractivity contribution is 6.35. The Balaban J connectivity index is 1.79. The molecular weight excluding hydrogens is 522 g/mol. The van der Waals surface area contributed by atoms with Crippen molar-refractivity contribution in [2.45, 2.75) is 18.9 Å². The molecule has 188 valence electrons. The Bertz CT molecular complexity index is 1490. The summed E-state index contributed by atoms with van der Waals surface area (Å²) in [4.78, 5) is 16.5. The SMILES string of the molecule is O=C(C#Cc1nnn(Cc2cc(C(F)(F)F)cc(C(F)(F)F)c2)c1-c1cccnc1)c1ccccc1Cl. The number of benzene rings is 2. The van der Waals surface area contributed by atoms with Crippen molar-refractivity contribution in [2.75, 3.05) is 0 Å². The number of alkyl halides is 6. The zero-order valence-corrected chi connectivity index (χ0v) is 19.2. The molecule has 0 aliphatic heterocycles. The molecule has 4 rings (SSSR count). The van der Waals surface area contributed by atoms with Gasteiger partial charge in [0.25, 0.3) is 0 Å². The molecule has 0 N–H and O–H groups in total. The van der Waals surface area contributed by atoms with E-state index in [0.717, 1.165) is 4.68 Å². The standard InChI is InChI=1S/C25H13ClF6N4O/c26-20-6-2-1-5-19(20)22(37)8-7-21-23(16-4-3-9-33-13-16)36(35-34-21)14-15-10-17(24(27,28)29)12-18(11-15)25(30,31)32/h1-6,9-13H,14H2. The Kier molecular flexibility index (Phi) is 7.05. The minimum Gasteiger partial charge on any atom is -0.279 e. The van der Waals surface area contributed by atoms with Gasteiger partial charge < -0.3 is 0 Å². The summed E-state index contributed by atoms with van der Waals surface area (Å²) >= 11 is 6.02. The second-order valence-corrected chi connectivity index (χ2v) is 8.07. The van der Waals surface area contributed by atoms with Gasteiger partial charge in [0.15, 0.2) is 5.69 Å².